The number of hydrogen-bond acceptors (Lipinski definition) is 3. The van der Waals surface area contributed by atoms with E-state index in [0.717, 1.165) is 26.1 Å². The van der Waals surface area contributed by atoms with Gasteiger partial charge in [-0.05, 0) is 45.4 Å². The summed E-state index contributed by atoms with van der Waals surface area (Å²) in [5, 5.41) is 0. The molecule has 1 fully saturated rings. The van der Waals surface area contributed by atoms with Crippen molar-refractivity contribution < 1.29 is 0 Å². The number of thioether (sulfide) groups is 1. The van der Waals surface area contributed by atoms with E-state index in [1.165, 1.54) is 22.6 Å². The van der Waals surface area contributed by atoms with Gasteiger partial charge in [-0.1, -0.05) is 17.7 Å². The van der Waals surface area contributed by atoms with Gasteiger partial charge in [0.15, 0.2) is 0 Å². The van der Waals surface area contributed by atoms with E-state index >= 15 is 0 Å². The van der Waals surface area contributed by atoms with E-state index < -0.39 is 0 Å². The molecule has 0 amide bonds. The molecule has 1 aromatic carbocycles. The van der Waals surface area contributed by atoms with Crippen LogP contribution in [0, 0.1) is 6.92 Å². The third-order valence-corrected chi connectivity index (χ3v) is 4.71. The van der Waals surface area contributed by atoms with Crippen molar-refractivity contribution in [2.45, 2.75) is 31.9 Å². The fourth-order valence-electron chi connectivity index (χ4n) is 2.60. The molecule has 2 nitrogen and oxygen atoms in total. The largest absolute Gasteiger partial charge is 0.369 e. The minimum atomic E-state index is 0.350. The molecule has 18 heavy (non-hydrogen) atoms. The predicted molar refractivity (Wildman–Crippen MR) is 82.7 cm³/mol. The Morgan fingerprint density at radius 3 is 2.83 bits per heavy atom. The van der Waals surface area contributed by atoms with E-state index in [-0.39, 0.29) is 0 Å². The first-order chi connectivity index (χ1) is 8.52. The van der Waals surface area contributed by atoms with Crippen LogP contribution in [-0.4, -0.2) is 30.1 Å². The quantitative estimate of drug-likeness (QED) is 0.910. The van der Waals surface area contributed by atoms with Crippen molar-refractivity contribution in [1.82, 2.24) is 0 Å². The van der Waals surface area contributed by atoms with Gasteiger partial charge in [-0.3, -0.25) is 0 Å². The zero-order valence-electron chi connectivity index (χ0n) is 11.7. The van der Waals surface area contributed by atoms with Gasteiger partial charge in [-0.15, -0.1) is 0 Å². The van der Waals surface area contributed by atoms with Gasteiger partial charge in [0.05, 0.1) is 0 Å². The number of nitrogens with two attached hydrogens (primary N) is 1. The molecule has 0 bridgehead atoms. The Morgan fingerprint density at radius 1 is 1.39 bits per heavy atom. The van der Waals surface area contributed by atoms with Crippen molar-refractivity contribution in [3.8, 4) is 0 Å². The van der Waals surface area contributed by atoms with Crippen LogP contribution in [0.3, 0.4) is 0 Å². The van der Waals surface area contributed by atoms with Crippen LogP contribution in [0.1, 0.15) is 25.0 Å². The Morgan fingerprint density at radius 2 is 2.17 bits per heavy atom. The topological polar surface area (TPSA) is 29.3 Å². The van der Waals surface area contributed by atoms with Gasteiger partial charge >= 0.3 is 0 Å². The highest BCUT2D eigenvalue weighted by molar-refractivity contribution is 8.00. The van der Waals surface area contributed by atoms with Crippen molar-refractivity contribution in [1.29, 1.82) is 0 Å². The maximum Gasteiger partial charge on any atom is 0.0400 e. The number of hydrogen-bond donors (Lipinski definition) is 1. The van der Waals surface area contributed by atoms with E-state index in [1.54, 1.807) is 0 Å². The highest BCUT2D eigenvalue weighted by atomic mass is 32.2. The monoisotopic (exact) mass is 264 g/mol. The molecule has 1 aliphatic heterocycles. The first kappa shape index (κ1) is 13.8. The van der Waals surface area contributed by atoms with Gasteiger partial charge in [0, 0.05) is 29.3 Å². The van der Waals surface area contributed by atoms with Crippen molar-refractivity contribution in [2.24, 2.45) is 5.73 Å². The van der Waals surface area contributed by atoms with E-state index in [1.807, 2.05) is 0 Å². The Labute approximate surface area is 115 Å². The second kappa shape index (κ2) is 5.54. The number of nitrogens with zero attached hydrogens (tertiary/aromatic N) is 1. The number of anilines is 1. The molecule has 1 saturated heterocycles. The predicted octanol–water partition coefficient (Wildman–Crippen LogP) is 2.83. The number of benzene rings is 1. The normalized spacial score (nSPS) is 19.0. The SMILES string of the molecule is Cc1ccc(N2CCSC(C)(C)C2)c(CCN)c1. The van der Waals surface area contributed by atoms with Gasteiger partial charge in [-0.25, -0.2) is 0 Å². The highest BCUT2D eigenvalue weighted by Crippen LogP contribution is 2.33. The van der Waals surface area contributed by atoms with E-state index in [9.17, 15) is 0 Å². The molecule has 0 unspecified atom stereocenters. The van der Waals surface area contributed by atoms with Gasteiger partial charge in [0.2, 0.25) is 0 Å². The third-order valence-electron chi connectivity index (χ3n) is 3.42. The fraction of sp³-hybridized carbons (Fsp3) is 0.600. The summed E-state index contributed by atoms with van der Waals surface area (Å²) in [6.07, 6.45) is 0.973. The Hall–Kier alpha value is -0.670. The lowest BCUT2D eigenvalue weighted by molar-refractivity contribution is 0.645. The molecule has 0 spiro atoms. The van der Waals surface area contributed by atoms with E-state index in [4.69, 9.17) is 5.73 Å². The summed E-state index contributed by atoms with van der Waals surface area (Å²) in [6.45, 7) is 9.82. The maximum atomic E-state index is 5.74. The van der Waals surface area contributed by atoms with Crippen LogP contribution in [0.4, 0.5) is 5.69 Å². The van der Waals surface area contributed by atoms with Crippen LogP contribution in [0.5, 0.6) is 0 Å². The minimum Gasteiger partial charge on any atom is -0.369 e. The van der Waals surface area contributed by atoms with Gasteiger partial charge in [0.1, 0.15) is 0 Å². The van der Waals surface area contributed by atoms with Gasteiger partial charge < -0.3 is 10.6 Å². The molecule has 1 aliphatic rings. The molecule has 1 aromatic rings. The summed E-state index contributed by atoms with van der Waals surface area (Å²) < 4.78 is 0.350. The standard InChI is InChI=1S/C15H24N2S/c1-12-4-5-14(13(10-12)6-7-16)17-8-9-18-15(2,3)11-17/h4-5,10H,6-9,11,16H2,1-3H3. The van der Waals surface area contributed by atoms with Crippen LogP contribution < -0.4 is 10.6 Å². The Kier molecular flexibility index (Phi) is 4.23. The third kappa shape index (κ3) is 3.21. The summed E-state index contributed by atoms with van der Waals surface area (Å²) in [4.78, 5) is 2.53. The molecule has 0 atom stereocenters. The molecular weight excluding hydrogens is 240 g/mol. The fourth-order valence-corrected chi connectivity index (χ4v) is 3.71. The average Bonchev–Trinajstić information content (AvgIpc) is 2.28. The van der Waals surface area contributed by atoms with Gasteiger partial charge in [-0.2, -0.15) is 11.8 Å². The number of rotatable bonds is 3. The highest BCUT2D eigenvalue weighted by Gasteiger charge is 2.27. The summed E-state index contributed by atoms with van der Waals surface area (Å²) in [5.74, 6) is 1.21. The summed E-state index contributed by atoms with van der Waals surface area (Å²) in [7, 11) is 0. The lowest BCUT2D eigenvalue weighted by Crippen LogP contribution is -2.43. The first-order valence-electron chi connectivity index (χ1n) is 6.70. The van der Waals surface area contributed by atoms with Crippen LogP contribution in [0.2, 0.25) is 0 Å². The molecular formula is C15H24N2S. The Bertz CT molecular complexity index is 415. The first-order valence-corrected chi connectivity index (χ1v) is 7.69. The maximum absolute atomic E-state index is 5.74. The van der Waals surface area contributed by atoms with Crippen molar-refractivity contribution in [3.63, 3.8) is 0 Å². The second-order valence-electron chi connectivity index (χ2n) is 5.70. The van der Waals surface area contributed by atoms with Crippen LogP contribution in [-0.2, 0) is 6.42 Å². The molecule has 2 N–H and O–H groups in total. The zero-order chi connectivity index (χ0) is 13.2. The van der Waals surface area contributed by atoms with E-state index in [0.29, 0.717) is 4.75 Å². The molecule has 0 aliphatic carbocycles. The summed E-state index contributed by atoms with van der Waals surface area (Å²) in [5.41, 5.74) is 9.86. The molecule has 100 valence electrons. The van der Waals surface area contributed by atoms with Crippen LogP contribution >= 0.6 is 11.8 Å². The number of aryl methyl sites for hydroxylation is 1. The lowest BCUT2D eigenvalue weighted by atomic mass is 10.0. The lowest BCUT2D eigenvalue weighted by Gasteiger charge is -2.39. The summed E-state index contributed by atoms with van der Waals surface area (Å²) in [6, 6.07) is 6.77. The Balaban J connectivity index is 2.26. The van der Waals surface area contributed by atoms with Crippen LogP contribution in [0.25, 0.3) is 0 Å². The smallest absolute Gasteiger partial charge is 0.0400 e. The zero-order valence-corrected chi connectivity index (χ0v) is 12.5. The molecule has 0 aromatic heterocycles. The molecule has 0 saturated carbocycles. The molecule has 3 heteroatoms. The average molecular weight is 264 g/mol. The van der Waals surface area contributed by atoms with Crippen molar-refractivity contribution in [3.05, 3.63) is 29.3 Å². The molecule has 0 radical (unpaired) electrons. The second-order valence-corrected chi connectivity index (χ2v) is 7.50. The van der Waals surface area contributed by atoms with Crippen molar-refractivity contribution >= 4 is 17.4 Å². The minimum absolute atomic E-state index is 0.350. The van der Waals surface area contributed by atoms with Gasteiger partial charge in [0.25, 0.3) is 0 Å². The van der Waals surface area contributed by atoms with Crippen LogP contribution in [0.15, 0.2) is 18.2 Å². The summed E-state index contributed by atoms with van der Waals surface area (Å²) >= 11 is 2.07. The van der Waals surface area contributed by atoms with E-state index in [2.05, 4.69) is 55.6 Å². The van der Waals surface area contributed by atoms with Crippen molar-refractivity contribution in [2.75, 3.05) is 30.3 Å². The molecule has 2 rings (SSSR count). The molecule has 1 heterocycles.